The van der Waals surface area contributed by atoms with Gasteiger partial charge < -0.3 is 19.7 Å². The molecule has 2 heterocycles. The summed E-state index contributed by atoms with van der Waals surface area (Å²) in [7, 11) is 2.15. The van der Waals surface area contributed by atoms with Crippen LogP contribution in [0.1, 0.15) is 23.6 Å². The topological polar surface area (TPSA) is 54.0 Å². The number of carbonyl (C=O) groups is 1. The van der Waals surface area contributed by atoms with Crippen molar-refractivity contribution in [2.75, 3.05) is 57.9 Å². The highest BCUT2D eigenvalue weighted by atomic mass is 35.5. The van der Waals surface area contributed by atoms with Crippen LogP contribution < -0.4 is 15.0 Å². The van der Waals surface area contributed by atoms with Crippen molar-refractivity contribution < 1.29 is 14.3 Å². The lowest BCUT2D eigenvalue weighted by atomic mass is 9.95. The lowest BCUT2D eigenvalue weighted by Crippen LogP contribution is -2.44. The minimum Gasteiger partial charge on any atom is -0.484 e. The largest absolute Gasteiger partial charge is 0.484 e. The third kappa shape index (κ3) is 5.70. The molecule has 166 valence electrons. The van der Waals surface area contributed by atoms with Gasteiger partial charge in [-0.05, 0) is 54.3 Å². The van der Waals surface area contributed by atoms with E-state index < -0.39 is 0 Å². The minimum absolute atomic E-state index is 0.0214. The Hall–Kier alpha value is -2.28. The number of nitrogens with zero attached hydrogens (tertiary/aromatic N) is 2. The molecule has 1 saturated heterocycles. The zero-order valence-corrected chi connectivity index (χ0v) is 18.7. The van der Waals surface area contributed by atoms with Crippen LogP contribution in [0.2, 0.25) is 5.02 Å². The number of amides is 1. The maximum Gasteiger partial charge on any atom is 0.258 e. The number of halogens is 1. The molecule has 2 aliphatic rings. The predicted octanol–water partition coefficient (Wildman–Crippen LogP) is 3.29. The SMILES string of the molecule is CN1CCCc2cc(C(CNC(=O)COc3ccc(Cl)cc3)N3CCOCC3)ccc21. The van der Waals surface area contributed by atoms with E-state index in [4.69, 9.17) is 21.1 Å². The van der Waals surface area contributed by atoms with Crippen molar-refractivity contribution in [2.24, 2.45) is 0 Å². The number of nitrogens with one attached hydrogen (secondary N) is 1. The molecule has 0 saturated carbocycles. The van der Waals surface area contributed by atoms with Gasteiger partial charge in [0.25, 0.3) is 5.91 Å². The molecule has 2 aromatic rings. The molecule has 2 aromatic carbocycles. The van der Waals surface area contributed by atoms with Crippen LogP contribution in [0.5, 0.6) is 5.75 Å². The van der Waals surface area contributed by atoms with Crippen LogP contribution in [0.3, 0.4) is 0 Å². The van der Waals surface area contributed by atoms with Crippen molar-refractivity contribution in [3.05, 3.63) is 58.6 Å². The zero-order chi connectivity index (χ0) is 21.6. The molecule has 1 atom stereocenters. The second-order valence-electron chi connectivity index (χ2n) is 8.12. The van der Waals surface area contributed by atoms with Crippen molar-refractivity contribution in [3.8, 4) is 5.75 Å². The summed E-state index contributed by atoms with van der Waals surface area (Å²) in [6.07, 6.45) is 2.28. The van der Waals surface area contributed by atoms with E-state index in [9.17, 15) is 4.79 Å². The average molecular weight is 444 g/mol. The Morgan fingerprint density at radius 3 is 2.71 bits per heavy atom. The van der Waals surface area contributed by atoms with Gasteiger partial charge in [0.15, 0.2) is 6.61 Å². The molecule has 1 fully saturated rings. The molecule has 0 spiro atoms. The highest BCUT2D eigenvalue weighted by Gasteiger charge is 2.25. The van der Waals surface area contributed by atoms with Crippen molar-refractivity contribution in [3.63, 3.8) is 0 Å². The first-order valence-electron chi connectivity index (χ1n) is 10.9. The summed E-state index contributed by atoms with van der Waals surface area (Å²) in [5, 5.41) is 3.71. The number of aryl methyl sites for hydroxylation is 1. The fourth-order valence-corrected chi connectivity index (χ4v) is 4.43. The first kappa shape index (κ1) is 21.9. The third-order valence-electron chi connectivity index (χ3n) is 6.00. The van der Waals surface area contributed by atoms with Crippen LogP contribution in [0.15, 0.2) is 42.5 Å². The molecule has 6 nitrogen and oxygen atoms in total. The molecular formula is C24H30ClN3O3. The predicted molar refractivity (Wildman–Crippen MR) is 123 cm³/mol. The summed E-state index contributed by atoms with van der Waals surface area (Å²) >= 11 is 5.89. The molecule has 31 heavy (non-hydrogen) atoms. The quantitative estimate of drug-likeness (QED) is 0.711. The first-order valence-corrected chi connectivity index (χ1v) is 11.3. The first-order chi connectivity index (χ1) is 15.1. The Kier molecular flexibility index (Phi) is 7.33. The summed E-state index contributed by atoms with van der Waals surface area (Å²) in [5.41, 5.74) is 3.95. The average Bonchev–Trinajstić information content (AvgIpc) is 2.80. The van der Waals surface area contributed by atoms with Gasteiger partial charge in [-0.25, -0.2) is 0 Å². The van der Waals surface area contributed by atoms with E-state index in [0.717, 1.165) is 39.3 Å². The van der Waals surface area contributed by atoms with Crippen LogP contribution in [-0.4, -0.2) is 63.9 Å². The molecular weight excluding hydrogens is 414 g/mol. The molecule has 1 unspecified atom stereocenters. The molecule has 0 radical (unpaired) electrons. The maximum absolute atomic E-state index is 12.5. The van der Waals surface area contributed by atoms with E-state index in [1.165, 1.54) is 23.2 Å². The third-order valence-corrected chi connectivity index (χ3v) is 6.25. The van der Waals surface area contributed by atoms with Gasteiger partial charge in [-0.1, -0.05) is 23.7 Å². The Balaban J connectivity index is 1.42. The number of benzene rings is 2. The number of anilines is 1. The highest BCUT2D eigenvalue weighted by Crippen LogP contribution is 2.31. The highest BCUT2D eigenvalue weighted by molar-refractivity contribution is 6.30. The van der Waals surface area contributed by atoms with Crippen LogP contribution in [0.4, 0.5) is 5.69 Å². The summed E-state index contributed by atoms with van der Waals surface area (Å²) in [6.45, 7) is 4.78. The second-order valence-corrected chi connectivity index (χ2v) is 8.56. The van der Waals surface area contributed by atoms with Gasteiger partial charge in [0.2, 0.25) is 0 Å². The molecule has 0 aromatic heterocycles. The fraction of sp³-hybridized carbons (Fsp3) is 0.458. The lowest BCUT2D eigenvalue weighted by molar-refractivity contribution is -0.123. The molecule has 2 aliphatic heterocycles. The van der Waals surface area contributed by atoms with Crippen LogP contribution in [0, 0.1) is 0 Å². The Labute approximate surface area is 189 Å². The van der Waals surface area contributed by atoms with E-state index in [2.05, 4.69) is 40.4 Å². The molecule has 7 heteroatoms. The van der Waals surface area contributed by atoms with Crippen LogP contribution in [-0.2, 0) is 16.0 Å². The number of ether oxygens (including phenoxy) is 2. The smallest absolute Gasteiger partial charge is 0.258 e. The van der Waals surface area contributed by atoms with E-state index >= 15 is 0 Å². The van der Waals surface area contributed by atoms with Gasteiger partial charge in [0.1, 0.15) is 5.75 Å². The zero-order valence-electron chi connectivity index (χ0n) is 18.0. The Bertz CT molecular complexity index is 884. The molecule has 1 N–H and O–H groups in total. The summed E-state index contributed by atoms with van der Waals surface area (Å²) in [4.78, 5) is 17.2. The maximum atomic E-state index is 12.5. The van der Waals surface area contributed by atoms with Gasteiger partial charge >= 0.3 is 0 Å². The number of rotatable bonds is 7. The number of morpholine rings is 1. The number of carbonyl (C=O) groups excluding carboxylic acids is 1. The van der Waals surface area contributed by atoms with Crippen molar-refractivity contribution in [2.45, 2.75) is 18.9 Å². The summed E-state index contributed by atoms with van der Waals surface area (Å²) in [6, 6.07) is 13.9. The van der Waals surface area contributed by atoms with Gasteiger partial charge in [-0.3, -0.25) is 9.69 Å². The second kappa shape index (κ2) is 10.4. The van der Waals surface area contributed by atoms with Gasteiger partial charge in [-0.15, -0.1) is 0 Å². The molecule has 1 amide bonds. The van der Waals surface area contributed by atoms with Crippen LogP contribution >= 0.6 is 11.6 Å². The Morgan fingerprint density at radius 2 is 1.94 bits per heavy atom. The number of fused-ring (bicyclic) bond motifs is 1. The van der Waals surface area contributed by atoms with E-state index in [0.29, 0.717) is 17.3 Å². The normalized spacial score (nSPS) is 17.7. The van der Waals surface area contributed by atoms with Crippen molar-refractivity contribution >= 4 is 23.2 Å². The monoisotopic (exact) mass is 443 g/mol. The lowest BCUT2D eigenvalue weighted by Gasteiger charge is -2.36. The fourth-order valence-electron chi connectivity index (χ4n) is 4.30. The van der Waals surface area contributed by atoms with E-state index in [1.54, 1.807) is 24.3 Å². The van der Waals surface area contributed by atoms with E-state index in [1.807, 2.05) is 0 Å². The molecule has 4 rings (SSSR count). The van der Waals surface area contributed by atoms with E-state index in [-0.39, 0.29) is 18.6 Å². The minimum atomic E-state index is -0.133. The summed E-state index contributed by atoms with van der Waals surface area (Å²) in [5.74, 6) is 0.494. The number of hydrogen-bond donors (Lipinski definition) is 1. The van der Waals surface area contributed by atoms with Crippen molar-refractivity contribution in [1.29, 1.82) is 0 Å². The standard InChI is InChI=1S/C24H30ClN3O3/c1-27-10-2-3-18-15-19(4-9-22(18)27)23(28-11-13-30-14-12-28)16-26-24(29)17-31-21-7-5-20(25)6-8-21/h4-9,15,23H,2-3,10-14,16-17H2,1H3,(H,26,29). The number of hydrogen-bond acceptors (Lipinski definition) is 5. The van der Waals surface area contributed by atoms with Crippen LogP contribution in [0.25, 0.3) is 0 Å². The van der Waals surface area contributed by atoms with Gasteiger partial charge in [-0.2, -0.15) is 0 Å². The Morgan fingerprint density at radius 1 is 1.16 bits per heavy atom. The van der Waals surface area contributed by atoms with Crippen molar-refractivity contribution in [1.82, 2.24) is 10.2 Å². The van der Waals surface area contributed by atoms with Gasteiger partial charge in [0, 0.05) is 43.9 Å². The molecule has 0 aliphatic carbocycles. The van der Waals surface area contributed by atoms with Gasteiger partial charge in [0.05, 0.1) is 19.3 Å². The molecule has 0 bridgehead atoms. The summed E-state index contributed by atoms with van der Waals surface area (Å²) < 4.78 is 11.1.